The third kappa shape index (κ3) is 1.73. The molecule has 4 rings (SSSR count). The molecule has 1 saturated carbocycles. The van der Waals surface area contributed by atoms with Crippen LogP contribution in [0.15, 0.2) is 15.3 Å². The summed E-state index contributed by atoms with van der Waals surface area (Å²) >= 11 is 0. The van der Waals surface area contributed by atoms with Crippen molar-refractivity contribution < 1.29 is 24.2 Å². The molecule has 1 aromatic rings. The lowest BCUT2D eigenvalue weighted by Gasteiger charge is -2.53. The van der Waals surface area contributed by atoms with E-state index in [0.29, 0.717) is 30.4 Å². The Morgan fingerprint density at radius 2 is 2.04 bits per heavy atom. The minimum absolute atomic E-state index is 0.197. The number of rotatable bonds is 1. The first-order valence-electron chi connectivity index (χ1n) is 8.44. The molecule has 0 radical (unpaired) electrons. The number of esters is 1. The van der Waals surface area contributed by atoms with Crippen molar-refractivity contribution in [3.8, 4) is 0 Å². The fourth-order valence-corrected chi connectivity index (χ4v) is 5.40. The van der Waals surface area contributed by atoms with Crippen molar-refractivity contribution in [3.63, 3.8) is 0 Å². The molecule has 6 atom stereocenters. The van der Waals surface area contributed by atoms with Gasteiger partial charge in [-0.15, -0.1) is 0 Å². The van der Waals surface area contributed by atoms with E-state index in [2.05, 4.69) is 0 Å². The number of carbonyl (C=O) groups is 1. The van der Waals surface area contributed by atoms with Crippen molar-refractivity contribution in [2.45, 2.75) is 63.8 Å². The normalized spacial score (nSPS) is 41.4. The van der Waals surface area contributed by atoms with E-state index in [1.54, 1.807) is 0 Å². The molecule has 2 fully saturated rings. The van der Waals surface area contributed by atoms with Crippen molar-refractivity contribution in [2.24, 2.45) is 11.3 Å². The fraction of sp³-hybridized carbons (Fsp3) is 0.667. The topological polar surface area (TPSA) is 97.0 Å². The van der Waals surface area contributed by atoms with Gasteiger partial charge in [0, 0.05) is 29.4 Å². The Labute approximate surface area is 139 Å². The lowest BCUT2D eigenvalue weighted by Crippen LogP contribution is -2.59. The maximum Gasteiger partial charge on any atom is 0.336 e. The minimum Gasteiger partial charge on any atom is -0.461 e. The van der Waals surface area contributed by atoms with Crippen LogP contribution >= 0.6 is 0 Å². The average Bonchev–Trinajstić information content (AvgIpc) is 2.76. The van der Waals surface area contributed by atoms with E-state index >= 15 is 0 Å². The molecule has 0 spiro atoms. The fourth-order valence-electron chi connectivity index (χ4n) is 5.40. The SMILES string of the molecule is CC(O)c1oc(=O)cc2c1C[C@H]1OC(=O)[C@@]3(C)CCC(O)[C@@]2(C)[C@@H]13. The van der Waals surface area contributed by atoms with Gasteiger partial charge >= 0.3 is 11.6 Å². The van der Waals surface area contributed by atoms with E-state index in [1.807, 2.05) is 13.8 Å². The molecule has 2 aliphatic carbocycles. The van der Waals surface area contributed by atoms with Gasteiger partial charge < -0.3 is 19.4 Å². The maximum absolute atomic E-state index is 12.5. The Bertz CT molecular complexity index is 780. The number of carbonyl (C=O) groups excluding carboxylic acids is 1. The number of hydrogen-bond donors (Lipinski definition) is 2. The van der Waals surface area contributed by atoms with Crippen molar-refractivity contribution in [1.82, 2.24) is 0 Å². The Hall–Kier alpha value is -1.66. The highest BCUT2D eigenvalue weighted by Gasteiger charge is 2.67. The maximum atomic E-state index is 12.5. The molecule has 3 aliphatic rings. The molecule has 24 heavy (non-hydrogen) atoms. The molecule has 1 aromatic heterocycles. The highest BCUT2D eigenvalue weighted by molar-refractivity contribution is 5.80. The monoisotopic (exact) mass is 334 g/mol. The zero-order valence-corrected chi connectivity index (χ0v) is 14.0. The third-order valence-corrected chi connectivity index (χ3v) is 6.52. The molecule has 1 saturated heterocycles. The minimum atomic E-state index is -0.947. The van der Waals surface area contributed by atoms with Gasteiger partial charge in [0.2, 0.25) is 0 Å². The van der Waals surface area contributed by atoms with Gasteiger partial charge in [0.15, 0.2) is 0 Å². The molecule has 0 amide bonds. The van der Waals surface area contributed by atoms with Gasteiger partial charge in [0.1, 0.15) is 18.0 Å². The number of fused-ring (bicyclic) bond motifs is 2. The molecule has 2 N–H and O–H groups in total. The van der Waals surface area contributed by atoms with E-state index in [-0.39, 0.29) is 23.8 Å². The molecule has 0 bridgehead atoms. The van der Waals surface area contributed by atoms with E-state index in [4.69, 9.17) is 9.15 Å². The van der Waals surface area contributed by atoms with Crippen LogP contribution in [-0.4, -0.2) is 28.4 Å². The molecular formula is C18H22O6. The van der Waals surface area contributed by atoms with Gasteiger partial charge in [0.25, 0.3) is 0 Å². The van der Waals surface area contributed by atoms with E-state index in [9.17, 15) is 19.8 Å². The molecule has 2 heterocycles. The lowest BCUT2D eigenvalue weighted by atomic mass is 9.49. The Kier molecular flexibility index (Phi) is 3.10. The zero-order valence-electron chi connectivity index (χ0n) is 14.0. The largest absolute Gasteiger partial charge is 0.461 e. The van der Waals surface area contributed by atoms with Crippen LogP contribution in [0.4, 0.5) is 0 Å². The summed E-state index contributed by atoms with van der Waals surface area (Å²) in [4.78, 5) is 24.6. The predicted molar refractivity (Wildman–Crippen MR) is 83.4 cm³/mol. The standard InChI is InChI=1S/C18H22O6/c1-8(19)14-9-6-11-15-17(2,16(22)23-11)5-4-12(20)18(15,3)10(9)7-13(21)24-14/h7-8,11-12,15,19-20H,4-6H2,1-3H3/t8?,11-,12?,15+,17+,18+/m1/s1. The number of aliphatic hydroxyl groups excluding tert-OH is 2. The number of ether oxygens (including phenoxy) is 1. The lowest BCUT2D eigenvalue weighted by molar-refractivity contribution is -0.149. The van der Waals surface area contributed by atoms with Crippen molar-refractivity contribution in [1.29, 1.82) is 0 Å². The number of aliphatic hydroxyl groups is 2. The predicted octanol–water partition coefficient (Wildman–Crippen LogP) is 1.21. The molecule has 130 valence electrons. The van der Waals surface area contributed by atoms with Gasteiger partial charge in [-0.25, -0.2) is 4.79 Å². The quantitative estimate of drug-likeness (QED) is 0.749. The summed E-state index contributed by atoms with van der Waals surface area (Å²) in [7, 11) is 0. The Morgan fingerprint density at radius 3 is 2.71 bits per heavy atom. The van der Waals surface area contributed by atoms with Crippen LogP contribution in [0.5, 0.6) is 0 Å². The number of hydrogen-bond acceptors (Lipinski definition) is 6. The van der Waals surface area contributed by atoms with Gasteiger partial charge in [-0.2, -0.15) is 0 Å². The van der Waals surface area contributed by atoms with Crippen LogP contribution in [0, 0.1) is 11.3 Å². The smallest absolute Gasteiger partial charge is 0.336 e. The van der Waals surface area contributed by atoms with E-state index in [1.165, 1.54) is 13.0 Å². The summed E-state index contributed by atoms with van der Waals surface area (Å²) in [6, 6.07) is 1.41. The molecule has 6 nitrogen and oxygen atoms in total. The molecule has 2 unspecified atom stereocenters. The van der Waals surface area contributed by atoms with E-state index in [0.717, 1.165) is 0 Å². The summed E-state index contributed by atoms with van der Waals surface area (Å²) in [6.07, 6.45) is -0.570. The van der Waals surface area contributed by atoms with E-state index < -0.39 is 28.7 Å². The van der Waals surface area contributed by atoms with Crippen molar-refractivity contribution in [3.05, 3.63) is 33.4 Å². The summed E-state index contributed by atoms with van der Waals surface area (Å²) in [5.74, 6) is -0.224. The first kappa shape index (κ1) is 15.8. The summed E-state index contributed by atoms with van der Waals surface area (Å²) in [5.41, 5.74) is -0.609. The van der Waals surface area contributed by atoms with Crippen molar-refractivity contribution in [2.75, 3.05) is 0 Å². The van der Waals surface area contributed by atoms with Crippen LogP contribution < -0.4 is 5.63 Å². The van der Waals surface area contributed by atoms with Gasteiger partial charge in [-0.1, -0.05) is 6.92 Å². The second-order valence-corrected chi connectivity index (χ2v) is 7.88. The Balaban J connectivity index is 2.02. The van der Waals surface area contributed by atoms with Crippen LogP contribution in [0.1, 0.15) is 56.6 Å². The second kappa shape index (κ2) is 4.70. The average molecular weight is 334 g/mol. The highest BCUT2D eigenvalue weighted by Crippen LogP contribution is 2.61. The highest BCUT2D eigenvalue weighted by atomic mass is 16.6. The Morgan fingerprint density at radius 1 is 1.33 bits per heavy atom. The first-order chi connectivity index (χ1) is 11.2. The third-order valence-electron chi connectivity index (χ3n) is 6.52. The first-order valence-corrected chi connectivity index (χ1v) is 8.44. The van der Waals surface area contributed by atoms with Gasteiger partial charge in [-0.05, 0) is 32.3 Å². The van der Waals surface area contributed by atoms with Gasteiger partial charge in [-0.3, -0.25) is 4.79 Å². The second-order valence-electron chi connectivity index (χ2n) is 7.88. The summed E-state index contributed by atoms with van der Waals surface area (Å²) in [5, 5.41) is 20.9. The zero-order chi connectivity index (χ0) is 17.4. The van der Waals surface area contributed by atoms with Crippen LogP contribution in [0.2, 0.25) is 0 Å². The van der Waals surface area contributed by atoms with Gasteiger partial charge in [0.05, 0.1) is 11.5 Å². The van der Waals surface area contributed by atoms with Crippen LogP contribution in [0.3, 0.4) is 0 Å². The molecule has 6 heteroatoms. The molecule has 0 aromatic carbocycles. The molecular weight excluding hydrogens is 312 g/mol. The van der Waals surface area contributed by atoms with Crippen LogP contribution in [0.25, 0.3) is 0 Å². The summed E-state index contributed by atoms with van der Waals surface area (Å²) < 4.78 is 10.9. The van der Waals surface area contributed by atoms with Crippen molar-refractivity contribution >= 4 is 5.97 Å². The summed E-state index contributed by atoms with van der Waals surface area (Å²) in [6.45, 7) is 5.34. The molecule has 1 aliphatic heterocycles. The van der Waals surface area contributed by atoms with Crippen LogP contribution in [-0.2, 0) is 21.4 Å².